The van der Waals surface area contributed by atoms with E-state index in [1.807, 2.05) is 38.1 Å². The Kier molecular flexibility index (Phi) is 6.96. The van der Waals surface area contributed by atoms with Crippen LogP contribution in [-0.2, 0) is 11.3 Å². The van der Waals surface area contributed by atoms with Crippen LogP contribution in [0.25, 0.3) is 6.08 Å². The maximum atomic E-state index is 12.9. The van der Waals surface area contributed by atoms with E-state index >= 15 is 0 Å². The van der Waals surface area contributed by atoms with Gasteiger partial charge in [-0.05, 0) is 72.0 Å². The third-order valence-electron chi connectivity index (χ3n) is 4.95. The second kappa shape index (κ2) is 10.1. The van der Waals surface area contributed by atoms with Crippen LogP contribution in [0.2, 0.25) is 0 Å². The zero-order chi connectivity index (χ0) is 23.4. The number of ether oxygens (including phenoxy) is 2. The van der Waals surface area contributed by atoms with E-state index in [1.54, 1.807) is 41.8 Å². The number of hydrogen-bond acceptors (Lipinski definition) is 7. The first-order chi connectivity index (χ1) is 16.0. The number of thiophene rings is 1. The van der Waals surface area contributed by atoms with Crippen LogP contribution in [0.5, 0.6) is 11.5 Å². The molecule has 0 bridgehead atoms. The third-order valence-corrected chi connectivity index (χ3v) is 6.71. The minimum atomic E-state index is -0.462. The molecule has 1 aromatic heterocycles. The molecule has 1 saturated heterocycles. The fourth-order valence-electron chi connectivity index (χ4n) is 3.26. The molecule has 1 aliphatic rings. The average molecular weight is 480 g/mol. The number of nitrogens with zero attached hydrogens (tertiary/aromatic N) is 1. The highest BCUT2D eigenvalue weighted by atomic mass is 32.2. The highest BCUT2D eigenvalue weighted by molar-refractivity contribution is 8.18. The quantitative estimate of drug-likeness (QED) is 0.238. The zero-order valence-electron chi connectivity index (χ0n) is 18.1. The summed E-state index contributed by atoms with van der Waals surface area (Å²) in [4.78, 5) is 39.8. The first-order valence-electron chi connectivity index (χ1n) is 10.3. The molecule has 1 fully saturated rings. The molecular weight excluding hydrogens is 458 g/mol. The fourth-order valence-corrected chi connectivity index (χ4v) is 4.69. The lowest BCUT2D eigenvalue weighted by atomic mass is 10.1. The molecule has 0 aliphatic carbocycles. The van der Waals surface area contributed by atoms with Gasteiger partial charge in [0.15, 0.2) is 11.5 Å². The predicted octanol–water partition coefficient (Wildman–Crippen LogP) is 5.91. The van der Waals surface area contributed by atoms with Gasteiger partial charge in [0.1, 0.15) is 4.88 Å². The van der Waals surface area contributed by atoms with E-state index in [4.69, 9.17) is 9.47 Å². The minimum Gasteiger partial charge on any atom is -0.490 e. The Morgan fingerprint density at radius 1 is 1.06 bits per heavy atom. The van der Waals surface area contributed by atoms with Gasteiger partial charge >= 0.3 is 5.97 Å². The van der Waals surface area contributed by atoms with Gasteiger partial charge in [0.2, 0.25) is 0 Å². The predicted molar refractivity (Wildman–Crippen MR) is 130 cm³/mol. The second-order valence-corrected chi connectivity index (χ2v) is 9.14. The molecule has 4 rings (SSSR count). The Balaban J connectivity index is 1.55. The third kappa shape index (κ3) is 5.18. The zero-order valence-corrected chi connectivity index (χ0v) is 19.7. The standard InChI is InChI=1S/C25H21NO5S2/c1-3-30-20-13-17(10-11-19(20)31-24(28)21-9-6-12-32-21)14-22-23(27)26(25(29)33-22)15-18-8-5-4-7-16(18)2/h4-14H,3,15H2,1-2H3/b22-14-. The van der Waals surface area contributed by atoms with Gasteiger partial charge in [-0.1, -0.05) is 36.4 Å². The number of carbonyl (C=O) groups excluding carboxylic acids is 3. The number of thioether (sulfide) groups is 1. The van der Waals surface area contributed by atoms with Gasteiger partial charge in [0.25, 0.3) is 11.1 Å². The fraction of sp³-hybridized carbons (Fsp3) is 0.160. The number of rotatable bonds is 7. The molecule has 0 radical (unpaired) electrons. The van der Waals surface area contributed by atoms with E-state index in [9.17, 15) is 14.4 Å². The van der Waals surface area contributed by atoms with Gasteiger partial charge < -0.3 is 9.47 Å². The molecule has 6 nitrogen and oxygen atoms in total. The second-order valence-electron chi connectivity index (χ2n) is 7.20. The van der Waals surface area contributed by atoms with Crippen molar-refractivity contribution in [2.45, 2.75) is 20.4 Å². The van der Waals surface area contributed by atoms with E-state index in [2.05, 4.69) is 0 Å². The van der Waals surface area contributed by atoms with Crippen molar-refractivity contribution in [3.05, 3.63) is 86.5 Å². The Morgan fingerprint density at radius 2 is 1.88 bits per heavy atom. The molecule has 0 unspecified atom stereocenters. The van der Waals surface area contributed by atoms with Crippen molar-refractivity contribution in [2.75, 3.05) is 6.61 Å². The Labute approximate surface area is 199 Å². The Bertz CT molecular complexity index is 1230. The van der Waals surface area contributed by atoms with Crippen LogP contribution in [0.1, 0.15) is 33.3 Å². The Hall–Kier alpha value is -3.36. The van der Waals surface area contributed by atoms with Gasteiger partial charge in [-0.3, -0.25) is 14.5 Å². The molecule has 3 aromatic rings. The largest absolute Gasteiger partial charge is 0.490 e. The molecule has 0 N–H and O–H groups in total. The van der Waals surface area contributed by atoms with Crippen LogP contribution in [0.3, 0.4) is 0 Å². The van der Waals surface area contributed by atoms with Crippen molar-refractivity contribution in [2.24, 2.45) is 0 Å². The SMILES string of the molecule is CCOc1cc(/C=C2\SC(=O)N(Cc3ccccc3C)C2=O)ccc1OC(=O)c1cccs1. The number of benzene rings is 2. The smallest absolute Gasteiger partial charge is 0.353 e. The summed E-state index contributed by atoms with van der Waals surface area (Å²) in [6, 6.07) is 16.2. The summed E-state index contributed by atoms with van der Waals surface area (Å²) in [7, 11) is 0. The van der Waals surface area contributed by atoms with Crippen LogP contribution in [-0.4, -0.2) is 28.6 Å². The van der Waals surface area contributed by atoms with Crippen molar-refractivity contribution in [1.82, 2.24) is 4.90 Å². The number of carbonyl (C=O) groups is 3. The van der Waals surface area contributed by atoms with E-state index in [0.29, 0.717) is 33.5 Å². The van der Waals surface area contributed by atoms with Crippen molar-refractivity contribution >= 4 is 46.3 Å². The summed E-state index contributed by atoms with van der Waals surface area (Å²) in [5.41, 5.74) is 2.61. The highest BCUT2D eigenvalue weighted by Crippen LogP contribution is 2.36. The van der Waals surface area contributed by atoms with Crippen molar-refractivity contribution in [1.29, 1.82) is 0 Å². The summed E-state index contributed by atoms with van der Waals surface area (Å²) < 4.78 is 11.1. The van der Waals surface area contributed by atoms with Crippen LogP contribution in [0.15, 0.2) is 64.9 Å². The first kappa shape index (κ1) is 22.8. The normalized spacial score (nSPS) is 14.7. The lowest BCUT2D eigenvalue weighted by molar-refractivity contribution is -0.123. The van der Waals surface area contributed by atoms with Crippen LogP contribution in [0.4, 0.5) is 4.79 Å². The lowest BCUT2D eigenvalue weighted by Gasteiger charge is -2.14. The van der Waals surface area contributed by atoms with E-state index < -0.39 is 5.97 Å². The van der Waals surface area contributed by atoms with Crippen molar-refractivity contribution < 1.29 is 23.9 Å². The van der Waals surface area contributed by atoms with Gasteiger partial charge in [-0.15, -0.1) is 11.3 Å². The molecule has 0 atom stereocenters. The monoisotopic (exact) mass is 479 g/mol. The van der Waals surface area contributed by atoms with E-state index in [0.717, 1.165) is 22.9 Å². The van der Waals surface area contributed by atoms with Crippen LogP contribution < -0.4 is 9.47 Å². The van der Waals surface area contributed by atoms with Gasteiger partial charge in [0.05, 0.1) is 18.1 Å². The summed E-state index contributed by atoms with van der Waals surface area (Å²) in [6.45, 7) is 4.39. The van der Waals surface area contributed by atoms with Crippen molar-refractivity contribution in [3.8, 4) is 11.5 Å². The number of hydrogen-bond donors (Lipinski definition) is 0. The number of imide groups is 1. The minimum absolute atomic E-state index is 0.233. The molecule has 2 amide bonds. The van der Waals surface area contributed by atoms with Gasteiger partial charge in [0, 0.05) is 0 Å². The highest BCUT2D eigenvalue weighted by Gasteiger charge is 2.35. The maximum Gasteiger partial charge on any atom is 0.353 e. The molecule has 8 heteroatoms. The molecule has 2 heterocycles. The molecule has 2 aromatic carbocycles. The van der Waals surface area contributed by atoms with Gasteiger partial charge in [-0.25, -0.2) is 4.79 Å². The first-order valence-corrected chi connectivity index (χ1v) is 12.0. The van der Waals surface area contributed by atoms with E-state index in [1.165, 1.54) is 16.2 Å². The number of amides is 2. The Morgan fingerprint density at radius 3 is 2.61 bits per heavy atom. The number of esters is 1. The van der Waals surface area contributed by atoms with Crippen molar-refractivity contribution in [3.63, 3.8) is 0 Å². The molecule has 33 heavy (non-hydrogen) atoms. The summed E-state index contributed by atoms with van der Waals surface area (Å²) >= 11 is 2.20. The molecule has 168 valence electrons. The van der Waals surface area contributed by atoms with Crippen LogP contribution in [0, 0.1) is 6.92 Å². The molecule has 1 aliphatic heterocycles. The number of aryl methyl sites for hydroxylation is 1. The average Bonchev–Trinajstić information content (AvgIpc) is 3.42. The van der Waals surface area contributed by atoms with Crippen LogP contribution >= 0.6 is 23.1 Å². The summed E-state index contributed by atoms with van der Waals surface area (Å²) in [6.07, 6.45) is 1.65. The molecule has 0 spiro atoms. The summed E-state index contributed by atoms with van der Waals surface area (Å²) in [5, 5.41) is 1.50. The molecule has 0 saturated carbocycles. The maximum absolute atomic E-state index is 12.9. The molecular formula is C25H21NO5S2. The van der Waals surface area contributed by atoms with E-state index in [-0.39, 0.29) is 17.7 Å². The van der Waals surface area contributed by atoms with Gasteiger partial charge in [-0.2, -0.15) is 0 Å². The summed E-state index contributed by atoms with van der Waals surface area (Å²) in [5.74, 6) is -0.120. The topological polar surface area (TPSA) is 72.9 Å². The lowest BCUT2D eigenvalue weighted by Crippen LogP contribution is -2.27.